The van der Waals surface area contributed by atoms with Gasteiger partial charge >= 0.3 is 0 Å². The summed E-state index contributed by atoms with van der Waals surface area (Å²) in [6, 6.07) is 21.2. The highest BCUT2D eigenvalue weighted by molar-refractivity contribution is 6.22. The summed E-state index contributed by atoms with van der Waals surface area (Å²) < 4.78 is 10.9. The summed E-state index contributed by atoms with van der Waals surface area (Å²) in [5, 5.41) is 11.7. The predicted molar refractivity (Wildman–Crippen MR) is 128 cm³/mol. The third-order valence-corrected chi connectivity index (χ3v) is 5.42. The number of ether oxygens (including phenoxy) is 2. The predicted octanol–water partition coefficient (Wildman–Crippen LogP) is 5.25. The number of fused-ring (bicyclic) bond motifs is 1. The molecule has 0 aliphatic heterocycles. The number of nitrogens with one attached hydrogen (secondary N) is 1. The van der Waals surface area contributed by atoms with Gasteiger partial charge in [-0.05, 0) is 37.6 Å². The van der Waals surface area contributed by atoms with Gasteiger partial charge in [0.25, 0.3) is 0 Å². The third-order valence-electron chi connectivity index (χ3n) is 5.42. The smallest absolute Gasteiger partial charge is 0.199 e. The van der Waals surface area contributed by atoms with Crippen LogP contribution in [0.25, 0.3) is 10.9 Å². The summed E-state index contributed by atoms with van der Waals surface area (Å²) in [6.07, 6.45) is 0. The van der Waals surface area contributed by atoms with Crippen molar-refractivity contribution in [3.8, 4) is 17.4 Å². The number of hydrogen-bond donors (Lipinski definition) is 3. The van der Waals surface area contributed by atoms with Crippen LogP contribution in [0.5, 0.6) is 17.4 Å². The highest BCUT2D eigenvalue weighted by Gasteiger charge is 2.21. The zero-order valence-electron chi connectivity index (χ0n) is 18.6. The minimum Gasteiger partial charge on any atom is -0.494 e. The Morgan fingerprint density at radius 3 is 2.16 bits per heavy atom. The summed E-state index contributed by atoms with van der Waals surface area (Å²) in [4.78, 5) is 7.97. The molecule has 0 spiro atoms. The fraction of sp³-hybridized carbons (Fsp3) is 0.192. The summed E-state index contributed by atoms with van der Waals surface area (Å²) in [5.41, 5.74) is 10.4. The van der Waals surface area contributed by atoms with Gasteiger partial charge in [-0.1, -0.05) is 42.5 Å². The van der Waals surface area contributed by atoms with E-state index in [0.29, 0.717) is 22.8 Å². The monoisotopic (exact) mass is 429 g/mol. The zero-order chi connectivity index (χ0) is 22.9. The van der Waals surface area contributed by atoms with Gasteiger partial charge in [-0.2, -0.15) is 0 Å². The first-order valence-electron chi connectivity index (χ1n) is 10.3. The molecular formula is C26H27N3O3. The fourth-order valence-corrected chi connectivity index (χ4v) is 3.70. The lowest BCUT2D eigenvalue weighted by atomic mass is 9.95. The molecule has 4 N–H and O–H groups in total. The first-order valence-corrected chi connectivity index (χ1v) is 10.3. The van der Waals surface area contributed by atoms with Crippen molar-refractivity contribution in [2.45, 2.75) is 19.4 Å². The summed E-state index contributed by atoms with van der Waals surface area (Å²) >= 11 is 0. The molecule has 0 saturated heterocycles. The Bertz CT molecular complexity index is 1270. The molecule has 32 heavy (non-hydrogen) atoms. The molecule has 0 aliphatic rings. The first-order chi connectivity index (χ1) is 15.3. The summed E-state index contributed by atoms with van der Waals surface area (Å²) in [7, 11) is 3.17. The van der Waals surface area contributed by atoms with Crippen LogP contribution in [0.1, 0.15) is 30.5 Å². The van der Waals surface area contributed by atoms with E-state index in [9.17, 15) is 5.11 Å². The Labute approximate surface area is 187 Å². The van der Waals surface area contributed by atoms with Crippen LogP contribution in [0.2, 0.25) is 0 Å². The molecule has 0 unspecified atom stereocenters. The lowest BCUT2D eigenvalue weighted by molar-refractivity contribution is 0.356. The van der Waals surface area contributed by atoms with E-state index in [2.05, 4.69) is 4.98 Å². The molecule has 1 heterocycles. The maximum absolute atomic E-state index is 10.9. The van der Waals surface area contributed by atoms with Crippen molar-refractivity contribution < 1.29 is 14.6 Å². The van der Waals surface area contributed by atoms with Gasteiger partial charge in [0.1, 0.15) is 0 Å². The lowest BCUT2D eigenvalue weighted by Crippen LogP contribution is -2.28. The van der Waals surface area contributed by atoms with Gasteiger partial charge in [0.05, 0.1) is 36.7 Å². The van der Waals surface area contributed by atoms with E-state index >= 15 is 0 Å². The number of aromatic hydroxyl groups is 1. The number of hydrogen-bond acceptors (Lipinski definition) is 5. The normalized spacial score (nSPS) is 12.2. The van der Waals surface area contributed by atoms with Crippen LogP contribution in [0, 0.1) is 0 Å². The first kappa shape index (κ1) is 21.5. The van der Waals surface area contributed by atoms with Crippen molar-refractivity contribution in [3.63, 3.8) is 0 Å². The molecule has 3 aromatic carbocycles. The quantitative estimate of drug-likeness (QED) is 0.365. The molecule has 0 fully saturated rings. The molecule has 0 aliphatic carbocycles. The van der Waals surface area contributed by atoms with E-state index in [4.69, 9.17) is 20.2 Å². The number of methoxy groups -OCH3 is 2. The molecule has 0 amide bonds. The number of aromatic amines is 1. The van der Waals surface area contributed by atoms with Crippen LogP contribution >= 0.6 is 0 Å². The van der Waals surface area contributed by atoms with Crippen molar-refractivity contribution in [2.24, 2.45) is 10.7 Å². The van der Waals surface area contributed by atoms with Crippen molar-refractivity contribution >= 4 is 22.3 Å². The van der Waals surface area contributed by atoms with E-state index in [1.54, 1.807) is 20.3 Å². The Kier molecular flexibility index (Phi) is 5.63. The van der Waals surface area contributed by atoms with Gasteiger partial charge in [-0.3, -0.25) is 0 Å². The molecule has 164 valence electrons. The van der Waals surface area contributed by atoms with Gasteiger partial charge < -0.3 is 25.3 Å². The molecule has 1 aromatic heterocycles. The number of benzene rings is 3. The van der Waals surface area contributed by atoms with E-state index < -0.39 is 5.54 Å². The topological polar surface area (TPSA) is 92.9 Å². The molecule has 0 bridgehead atoms. The number of H-pyrrole nitrogens is 1. The van der Waals surface area contributed by atoms with Gasteiger partial charge in [-0.25, -0.2) is 4.99 Å². The number of nitrogens with two attached hydrogens (primary N) is 1. The van der Waals surface area contributed by atoms with E-state index in [0.717, 1.165) is 27.7 Å². The van der Waals surface area contributed by atoms with E-state index in [-0.39, 0.29) is 5.88 Å². The second-order valence-electron chi connectivity index (χ2n) is 8.20. The fourth-order valence-electron chi connectivity index (χ4n) is 3.70. The summed E-state index contributed by atoms with van der Waals surface area (Å²) in [5.74, 6) is 1.17. The highest BCUT2D eigenvalue weighted by Crippen LogP contribution is 2.38. The number of aliphatic imine (C=N–C) groups is 1. The Morgan fingerprint density at radius 1 is 0.938 bits per heavy atom. The Hall–Kier alpha value is -3.77. The van der Waals surface area contributed by atoms with Gasteiger partial charge in [0, 0.05) is 22.6 Å². The summed E-state index contributed by atoms with van der Waals surface area (Å²) in [6.45, 7) is 3.93. The van der Waals surface area contributed by atoms with Crippen LogP contribution < -0.4 is 15.2 Å². The van der Waals surface area contributed by atoms with E-state index in [1.165, 1.54) is 0 Å². The van der Waals surface area contributed by atoms with Crippen molar-refractivity contribution in [3.05, 3.63) is 83.4 Å². The number of aromatic nitrogens is 1. The second-order valence-corrected chi connectivity index (χ2v) is 8.20. The van der Waals surface area contributed by atoms with E-state index in [1.807, 2.05) is 74.5 Å². The number of nitrogens with zero attached hydrogens (tertiary/aromatic N) is 1. The molecule has 4 aromatic rings. The Balaban J connectivity index is 1.93. The Morgan fingerprint density at radius 2 is 1.56 bits per heavy atom. The van der Waals surface area contributed by atoms with Gasteiger partial charge in [-0.15, -0.1) is 0 Å². The van der Waals surface area contributed by atoms with Crippen LogP contribution in [0.4, 0.5) is 5.69 Å². The minimum absolute atomic E-state index is 0.0256. The highest BCUT2D eigenvalue weighted by atomic mass is 16.5. The van der Waals surface area contributed by atoms with Crippen molar-refractivity contribution in [2.75, 3.05) is 14.2 Å². The van der Waals surface area contributed by atoms with Crippen molar-refractivity contribution in [1.29, 1.82) is 0 Å². The lowest BCUT2D eigenvalue weighted by Gasteiger charge is -2.19. The van der Waals surface area contributed by atoms with Gasteiger partial charge in [0.15, 0.2) is 17.4 Å². The van der Waals surface area contributed by atoms with Gasteiger partial charge in [0.2, 0.25) is 0 Å². The molecular weight excluding hydrogens is 402 g/mol. The molecule has 0 atom stereocenters. The van der Waals surface area contributed by atoms with Crippen LogP contribution in [0.15, 0.2) is 71.7 Å². The molecule has 0 saturated carbocycles. The van der Waals surface area contributed by atoms with Crippen LogP contribution in [-0.2, 0) is 5.54 Å². The third kappa shape index (κ3) is 4.05. The van der Waals surface area contributed by atoms with Crippen LogP contribution in [0.3, 0.4) is 0 Å². The molecule has 0 radical (unpaired) electrons. The maximum atomic E-state index is 10.9. The molecule has 6 heteroatoms. The largest absolute Gasteiger partial charge is 0.494 e. The maximum Gasteiger partial charge on any atom is 0.199 e. The average Bonchev–Trinajstić information content (AvgIpc) is 3.11. The SMILES string of the molecule is COc1cc2[nH]c(O)c(C(=Nc3ccc(C(C)(C)N)cc3)c3ccccc3)c2cc1OC. The van der Waals surface area contributed by atoms with Crippen molar-refractivity contribution in [1.82, 2.24) is 4.98 Å². The zero-order valence-corrected chi connectivity index (χ0v) is 18.6. The van der Waals surface area contributed by atoms with Crippen LogP contribution in [-0.4, -0.2) is 30.0 Å². The standard InChI is InChI=1S/C26H27N3O3/c1-26(2,27)17-10-12-18(13-11-17)28-24(16-8-6-5-7-9-16)23-19-14-21(31-3)22(32-4)15-20(19)29-25(23)30/h5-15,29-30H,27H2,1-4H3. The minimum atomic E-state index is -0.435. The number of rotatable bonds is 6. The molecule has 6 nitrogen and oxygen atoms in total. The second kappa shape index (κ2) is 8.40. The average molecular weight is 430 g/mol. The molecule has 4 rings (SSSR count).